The number of carbonyl (C=O) groups excluding carboxylic acids is 1. The third-order valence-electron chi connectivity index (χ3n) is 2.78. The Morgan fingerprint density at radius 2 is 1.95 bits per heavy atom. The van der Waals surface area contributed by atoms with Crippen LogP contribution in [0, 0.1) is 12.7 Å². The minimum absolute atomic E-state index is 0.290. The summed E-state index contributed by atoms with van der Waals surface area (Å²) in [5.74, 6) is -0.772. The molecule has 0 aromatic heterocycles. The summed E-state index contributed by atoms with van der Waals surface area (Å²) in [4.78, 5) is 12.0. The quantitative estimate of drug-likeness (QED) is 0.885. The van der Waals surface area contributed by atoms with E-state index in [1.807, 2.05) is 25.1 Å². The maximum absolute atomic E-state index is 13.6. The fourth-order valence-electron chi connectivity index (χ4n) is 1.79. The van der Waals surface area contributed by atoms with E-state index >= 15 is 0 Å². The number of carbonyl (C=O) groups is 1. The molecule has 0 aliphatic carbocycles. The number of aryl methyl sites for hydroxylation is 1. The standard InChI is InChI=1S/C15H15FN2O/c1-10-4-3-5-12(8-10)18-15(19)11-6-7-14(17-2)13(16)9-11/h3-9,17H,1-2H3,(H,18,19). The largest absolute Gasteiger partial charge is 0.386 e. The lowest BCUT2D eigenvalue weighted by Gasteiger charge is -2.07. The lowest BCUT2D eigenvalue weighted by molar-refractivity contribution is 0.102. The molecule has 0 heterocycles. The Bertz CT molecular complexity index is 611. The van der Waals surface area contributed by atoms with E-state index < -0.39 is 5.82 Å². The number of anilines is 2. The van der Waals surface area contributed by atoms with Crippen LogP contribution in [-0.4, -0.2) is 13.0 Å². The molecule has 2 rings (SSSR count). The van der Waals surface area contributed by atoms with Gasteiger partial charge in [-0.2, -0.15) is 0 Å². The van der Waals surface area contributed by atoms with Gasteiger partial charge in [-0.3, -0.25) is 4.79 Å². The van der Waals surface area contributed by atoms with E-state index in [2.05, 4.69) is 10.6 Å². The maximum Gasteiger partial charge on any atom is 0.255 e. The van der Waals surface area contributed by atoms with Gasteiger partial charge >= 0.3 is 0 Å². The van der Waals surface area contributed by atoms with Gasteiger partial charge in [-0.15, -0.1) is 0 Å². The van der Waals surface area contributed by atoms with E-state index in [9.17, 15) is 9.18 Å². The van der Waals surface area contributed by atoms with Gasteiger partial charge in [0.15, 0.2) is 0 Å². The first-order valence-electron chi connectivity index (χ1n) is 5.95. The fourth-order valence-corrected chi connectivity index (χ4v) is 1.79. The molecule has 0 fully saturated rings. The molecule has 19 heavy (non-hydrogen) atoms. The molecular formula is C15H15FN2O. The van der Waals surface area contributed by atoms with Crippen LogP contribution < -0.4 is 10.6 Å². The molecule has 0 unspecified atom stereocenters. The zero-order chi connectivity index (χ0) is 13.8. The second-order valence-corrected chi connectivity index (χ2v) is 4.27. The van der Waals surface area contributed by atoms with Gasteiger partial charge in [0.2, 0.25) is 0 Å². The number of hydrogen-bond donors (Lipinski definition) is 2. The van der Waals surface area contributed by atoms with E-state index in [1.165, 1.54) is 6.07 Å². The Kier molecular flexibility index (Phi) is 3.80. The van der Waals surface area contributed by atoms with Gasteiger partial charge in [0.05, 0.1) is 5.69 Å². The van der Waals surface area contributed by atoms with Crippen LogP contribution in [0.1, 0.15) is 15.9 Å². The minimum Gasteiger partial charge on any atom is -0.386 e. The summed E-state index contributed by atoms with van der Waals surface area (Å²) in [7, 11) is 1.63. The Balaban J connectivity index is 2.18. The Morgan fingerprint density at radius 1 is 1.16 bits per heavy atom. The average Bonchev–Trinajstić information content (AvgIpc) is 2.38. The smallest absolute Gasteiger partial charge is 0.255 e. The summed E-state index contributed by atoms with van der Waals surface area (Å²) in [6, 6.07) is 11.8. The second-order valence-electron chi connectivity index (χ2n) is 4.27. The van der Waals surface area contributed by atoms with Gasteiger partial charge in [-0.05, 0) is 42.8 Å². The van der Waals surface area contributed by atoms with Crippen LogP contribution >= 0.6 is 0 Å². The predicted octanol–water partition coefficient (Wildman–Crippen LogP) is 3.43. The highest BCUT2D eigenvalue weighted by Crippen LogP contribution is 2.17. The van der Waals surface area contributed by atoms with Gasteiger partial charge in [-0.25, -0.2) is 4.39 Å². The van der Waals surface area contributed by atoms with E-state index in [4.69, 9.17) is 0 Å². The number of benzene rings is 2. The molecule has 0 spiro atoms. The first-order valence-corrected chi connectivity index (χ1v) is 5.95. The van der Waals surface area contributed by atoms with Crippen LogP contribution in [0.25, 0.3) is 0 Å². The summed E-state index contributed by atoms with van der Waals surface area (Å²) < 4.78 is 13.6. The molecule has 0 aliphatic heterocycles. The number of halogens is 1. The van der Waals surface area contributed by atoms with Crippen molar-refractivity contribution in [1.82, 2.24) is 0 Å². The predicted molar refractivity (Wildman–Crippen MR) is 75.1 cm³/mol. The molecule has 2 aromatic carbocycles. The molecular weight excluding hydrogens is 243 g/mol. The zero-order valence-corrected chi connectivity index (χ0v) is 10.8. The molecule has 0 saturated heterocycles. The van der Waals surface area contributed by atoms with Crippen molar-refractivity contribution >= 4 is 17.3 Å². The van der Waals surface area contributed by atoms with Crippen LogP contribution in [0.4, 0.5) is 15.8 Å². The minimum atomic E-state index is -0.445. The summed E-state index contributed by atoms with van der Waals surface area (Å²) in [6.07, 6.45) is 0. The summed E-state index contributed by atoms with van der Waals surface area (Å²) in [5, 5.41) is 5.45. The van der Waals surface area contributed by atoms with Gasteiger partial charge < -0.3 is 10.6 Å². The van der Waals surface area contributed by atoms with Gasteiger partial charge in [0, 0.05) is 18.3 Å². The number of nitrogens with one attached hydrogen (secondary N) is 2. The number of rotatable bonds is 3. The topological polar surface area (TPSA) is 41.1 Å². The summed E-state index contributed by atoms with van der Waals surface area (Å²) >= 11 is 0. The van der Waals surface area contributed by atoms with Crippen LogP contribution in [0.3, 0.4) is 0 Å². The number of hydrogen-bond acceptors (Lipinski definition) is 2. The van der Waals surface area contributed by atoms with Gasteiger partial charge in [0.1, 0.15) is 5.82 Å². The normalized spacial score (nSPS) is 10.1. The first kappa shape index (κ1) is 13.1. The van der Waals surface area contributed by atoms with Crippen LogP contribution in [0.2, 0.25) is 0 Å². The maximum atomic E-state index is 13.6. The van der Waals surface area contributed by atoms with Crippen LogP contribution in [-0.2, 0) is 0 Å². The highest BCUT2D eigenvalue weighted by molar-refractivity contribution is 6.04. The third kappa shape index (κ3) is 3.10. The van der Waals surface area contributed by atoms with Crippen molar-refractivity contribution < 1.29 is 9.18 Å². The average molecular weight is 258 g/mol. The molecule has 4 heteroatoms. The lowest BCUT2D eigenvalue weighted by atomic mass is 10.1. The highest BCUT2D eigenvalue weighted by Gasteiger charge is 2.09. The van der Waals surface area contributed by atoms with Crippen molar-refractivity contribution in [3.05, 3.63) is 59.4 Å². The van der Waals surface area contributed by atoms with Gasteiger partial charge in [-0.1, -0.05) is 12.1 Å². The molecule has 3 nitrogen and oxygen atoms in total. The summed E-state index contributed by atoms with van der Waals surface area (Å²) in [6.45, 7) is 1.94. The second kappa shape index (κ2) is 5.52. The molecule has 2 N–H and O–H groups in total. The summed E-state index contributed by atoms with van der Waals surface area (Å²) in [5.41, 5.74) is 2.41. The molecule has 98 valence electrons. The van der Waals surface area contributed by atoms with Crippen molar-refractivity contribution in [1.29, 1.82) is 0 Å². The SMILES string of the molecule is CNc1ccc(C(=O)Nc2cccc(C)c2)cc1F. The number of amides is 1. The monoisotopic (exact) mass is 258 g/mol. The lowest BCUT2D eigenvalue weighted by Crippen LogP contribution is -2.12. The molecule has 0 bridgehead atoms. The Morgan fingerprint density at radius 3 is 2.58 bits per heavy atom. The van der Waals surface area contributed by atoms with E-state index in [1.54, 1.807) is 25.2 Å². The highest BCUT2D eigenvalue weighted by atomic mass is 19.1. The Hall–Kier alpha value is -2.36. The van der Waals surface area contributed by atoms with E-state index in [0.717, 1.165) is 5.56 Å². The van der Waals surface area contributed by atoms with Crippen LogP contribution in [0.5, 0.6) is 0 Å². The third-order valence-corrected chi connectivity index (χ3v) is 2.78. The van der Waals surface area contributed by atoms with Crippen LogP contribution in [0.15, 0.2) is 42.5 Å². The fraction of sp³-hybridized carbons (Fsp3) is 0.133. The van der Waals surface area contributed by atoms with E-state index in [0.29, 0.717) is 11.4 Å². The van der Waals surface area contributed by atoms with Crippen molar-refractivity contribution in [2.75, 3.05) is 17.7 Å². The Labute approximate surface area is 111 Å². The molecule has 1 amide bonds. The van der Waals surface area contributed by atoms with Crippen molar-refractivity contribution in [3.8, 4) is 0 Å². The van der Waals surface area contributed by atoms with Crippen molar-refractivity contribution in [3.63, 3.8) is 0 Å². The molecule has 0 atom stereocenters. The molecule has 0 radical (unpaired) electrons. The zero-order valence-electron chi connectivity index (χ0n) is 10.8. The van der Waals surface area contributed by atoms with Crippen molar-refractivity contribution in [2.45, 2.75) is 6.92 Å². The van der Waals surface area contributed by atoms with E-state index in [-0.39, 0.29) is 11.5 Å². The molecule has 2 aromatic rings. The first-order chi connectivity index (χ1) is 9.10. The molecule has 0 saturated carbocycles. The van der Waals surface area contributed by atoms with Gasteiger partial charge in [0.25, 0.3) is 5.91 Å². The van der Waals surface area contributed by atoms with Crippen molar-refractivity contribution in [2.24, 2.45) is 0 Å². The molecule has 0 aliphatic rings.